The molecule has 4 aromatic rings. The number of hydrogen-bond donors (Lipinski definition) is 0. The molecule has 0 atom stereocenters. The number of thiazole rings is 1. The van der Waals surface area contributed by atoms with Crippen LogP contribution in [-0.2, 0) is 6.54 Å². The Morgan fingerprint density at radius 1 is 1.04 bits per heavy atom. The monoisotopic (exact) mass is 347 g/mol. The summed E-state index contributed by atoms with van der Waals surface area (Å²) in [6.07, 6.45) is 3.61. The highest BCUT2D eigenvalue weighted by Crippen LogP contribution is 2.34. The van der Waals surface area contributed by atoms with E-state index in [2.05, 4.69) is 34.1 Å². The normalized spacial score (nSPS) is 10.8. The molecule has 0 aliphatic carbocycles. The summed E-state index contributed by atoms with van der Waals surface area (Å²) in [6.45, 7) is 0.717. The van der Waals surface area contributed by atoms with Gasteiger partial charge in [-0.3, -0.25) is 4.98 Å². The summed E-state index contributed by atoms with van der Waals surface area (Å²) in [5.41, 5.74) is 3.20. The van der Waals surface area contributed by atoms with E-state index >= 15 is 0 Å². The molecule has 0 saturated carbocycles. The van der Waals surface area contributed by atoms with Gasteiger partial charge in [-0.25, -0.2) is 4.98 Å². The number of ether oxygens (including phenoxy) is 1. The van der Waals surface area contributed by atoms with Crippen LogP contribution in [0.1, 0.15) is 5.56 Å². The molecule has 4 rings (SSSR count). The van der Waals surface area contributed by atoms with Crippen molar-refractivity contribution in [2.24, 2.45) is 0 Å². The largest absolute Gasteiger partial charge is 0.497 e. The number of pyridine rings is 1. The Morgan fingerprint density at radius 3 is 2.72 bits per heavy atom. The Morgan fingerprint density at radius 2 is 1.92 bits per heavy atom. The number of rotatable bonds is 5. The summed E-state index contributed by atoms with van der Waals surface area (Å²) < 4.78 is 6.49. The molecule has 25 heavy (non-hydrogen) atoms. The topological polar surface area (TPSA) is 38.2 Å². The highest BCUT2D eigenvalue weighted by molar-refractivity contribution is 7.22. The lowest BCUT2D eigenvalue weighted by atomic mass is 10.2. The molecule has 0 spiro atoms. The van der Waals surface area contributed by atoms with E-state index < -0.39 is 0 Å². The number of hydrogen-bond acceptors (Lipinski definition) is 5. The van der Waals surface area contributed by atoms with E-state index in [9.17, 15) is 0 Å². The summed E-state index contributed by atoms with van der Waals surface area (Å²) in [5.74, 6) is 0.860. The van der Waals surface area contributed by atoms with Crippen molar-refractivity contribution in [3.8, 4) is 5.75 Å². The summed E-state index contributed by atoms with van der Waals surface area (Å²) >= 11 is 1.67. The first-order valence-electron chi connectivity index (χ1n) is 7.99. The Labute approximate surface area is 150 Å². The predicted octanol–water partition coefficient (Wildman–Crippen LogP) is 5.04. The number of para-hydroxylation sites is 1. The molecule has 4 nitrogen and oxygen atoms in total. The smallest absolute Gasteiger partial charge is 0.191 e. The average molecular weight is 347 g/mol. The molecule has 0 N–H and O–H groups in total. The lowest BCUT2D eigenvalue weighted by molar-refractivity contribution is 0.414. The molecular formula is C20H17N3OS. The molecule has 0 fully saturated rings. The van der Waals surface area contributed by atoms with E-state index in [-0.39, 0.29) is 0 Å². The molecule has 124 valence electrons. The fourth-order valence-corrected chi connectivity index (χ4v) is 3.67. The van der Waals surface area contributed by atoms with Gasteiger partial charge < -0.3 is 9.64 Å². The molecule has 0 aliphatic heterocycles. The molecule has 0 aliphatic rings. The van der Waals surface area contributed by atoms with Crippen molar-refractivity contribution in [3.05, 3.63) is 78.6 Å². The van der Waals surface area contributed by atoms with E-state index in [0.717, 1.165) is 26.8 Å². The zero-order valence-corrected chi connectivity index (χ0v) is 14.6. The van der Waals surface area contributed by atoms with E-state index in [4.69, 9.17) is 9.72 Å². The number of aromatic nitrogens is 2. The van der Waals surface area contributed by atoms with Crippen LogP contribution in [0.15, 0.2) is 73.1 Å². The van der Waals surface area contributed by atoms with Crippen molar-refractivity contribution >= 4 is 32.4 Å². The third-order valence-corrected chi connectivity index (χ3v) is 5.01. The van der Waals surface area contributed by atoms with Gasteiger partial charge in [0.1, 0.15) is 11.3 Å². The van der Waals surface area contributed by atoms with E-state index in [1.54, 1.807) is 24.6 Å². The summed E-state index contributed by atoms with van der Waals surface area (Å²) in [6, 6.07) is 20.5. The van der Waals surface area contributed by atoms with Crippen LogP contribution in [0.2, 0.25) is 0 Å². The van der Waals surface area contributed by atoms with Gasteiger partial charge >= 0.3 is 0 Å². The third-order valence-electron chi connectivity index (χ3n) is 3.95. The molecule has 0 amide bonds. The van der Waals surface area contributed by atoms with Crippen LogP contribution in [0.5, 0.6) is 5.75 Å². The number of anilines is 2. The predicted molar refractivity (Wildman–Crippen MR) is 103 cm³/mol. The quantitative estimate of drug-likeness (QED) is 0.507. The summed E-state index contributed by atoms with van der Waals surface area (Å²) in [4.78, 5) is 11.2. The highest BCUT2D eigenvalue weighted by atomic mass is 32.1. The van der Waals surface area contributed by atoms with Crippen molar-refractivity contribution < 1.29 is 4.74 Å². The highest BCUT2D eigenvalue weighted by Gasteiger charge is 2.15. The minimum absolute atomic E-state index is 0.717. The van der Waals surface area contributed by atoms with Gasteiger partial charge in [-0.05, 0) is 35.9 Å². The maximum Gasteiger partial charge on any atom is 0.191 e. The first-order valence-corrected chi connectivity index (χ1v) is 8.81. The van der Waals surface area contributed by atoms with Gasteiger partial charge in [-0.15, -0.1) is 0 Å². The number of nitrogens with zero attached hydrogens (tertiary/aromatic N) is 3. The average Bonchev–Trinajstić information content (AvgIpc) is 3.11. The summed E-state index contributed by atoms with van der Waals surface area (Å²) in [7, 11) is 1.69. The Bertz CT molecular complexity index is 951. The van der Waals surface area contributed by atoms with Crippen LogP contribution in [0, 0.1) is 0 Å². The lowest BCUT2D eigenvalue weighted by Gasteiger charge is -2.22. The van der Waals surface area contributed by atoms with Gasteiger partial charge in [0.15, 0.2) is 5.13 Å². The Balaban J connectivity index is 1.76. The molecule has 5 heteroatoms. The molecule has 2 aromatic carbocycles. The summed E-state index contributed by atoms with van der Waals surface area (Å²) in [5, 5.41) is 0.956. The molecule has 2 aromatic heterocycles. The van der Waals surface area contributed by atoms with Crippen LogP contribution in [-0.4, -0.2) is 17.1 Å². The number of benzene rings is 2. The number of fused-ring (bicyclic) bond motifs is 1. The van der Waals surface area contributed by atoms with E-state index in [1.165, 1.54) is 5.56 Å². The zero-order chi connectivity index (χ0) is 17.1. The maximum absolute atomic E-state index is 5.36. The molecule has 0 unspecified atom stereocenters. The zero-order valence-electron chi connectivity index (χ0n) is 13.8. The van der Waals surface area contributed by atoms with E-state index in [1.807, 2.05) is 42.6 Å². The molecule has 2 heterocycles. The lowest BCUT2D eigenvalue weighted by Crippen LogP contribution is -2.16. The second kappa shape index (κ2) is 6.91. The third kappa shape index (κ3) is 3.32. The molecule has 0 radical (unpaired) electrons. The molecule has 0 bridgehead atoms. The van der Waals surface area contributed by atoms with Gasteiger partial charge in [0.05, 0.1) is 24.6 Å². The first kappa shape index (κ1) is 15.6. The molecule has 0 saturated heterocycles. The standard InChI is InChI=1S/C20H17N3OS/c1-24-17-9-5-6-15(12-17)14-23(16-7-3-2-4-8-16)20-22-18-13-21-11-10-19(18)25-20/h2-13H,14H2,1H3. The Hall–Kier alpha value is -2.92. The second-order valence-corrected chi connectivity index (χ2v) is 6.62. The number of methoxy groups -OCH3 is 1. The van der Waals surface area contributed by atoms with Crippen LogP contribution in [0.3, 0.4) is 0 Å². The van der Waals surface area contributed by atoms with Crippen molar-refractivity contribution in [2.75, 3.05) is 12.0 Å². The van der Waals surface area contributed by atoms with Crippen LogP contribution in [0.25, 0.3) is 10.2 Å². The van der Waals surface area contributed by atoms with Crippen LogP contribution in [0.4, 0.5) is 10.8 Å². The fraction of sp³-hybridized carbons (Fsp3) is 0.100. The van der Waals surface area contributed by atoms with Crippen LogP contribution < -0.4 is 9.64 Å². The fourth-order valence-electron chi connectivity index (χ4n) is 2.71. The van der Waals surface area contributed by atoms with Gasteiger partial charge in [0.2, 0.25) is 0 Å². The molecular weight excluding hydrogens is 330 g/mol. The van der Waals surface area contributed by atoms with Gasteiger partial charge in [-0.2, -0.15) is 0 Å². The van der Waals surface area contributed by atoms with Crippen LogP contribution >= 0.6 is 11.3 Å². The maximum atomic E-state index is 5.36. The van der Waals surface area contributed by atoms with Gasteiger partial charge in [0, 0.05) is 11.9 Å². The van der Waals surface area contributed by atoms with Gasteiger partial charge in [-0.1, -0.05) is 41.7 Å². The minimum atomic E-state index is 0.717. The van der Waals surface area contributed by atoms with Gasteiger partial charge in [0.25, 0.3) is 0 Å². The van der Waals surface area contributed by atoms with Crippen molar-refractivity contribution in [1.29, 1.82) is 0 Å². The van der Waals surface area contributed by atoms with Crippen molar-refractivity contribution in [2.45, 2.75) is 6.54 Å². The minimum Gasteiger partial charge on any atom is -0.497 e. The van der Waals surface area contributed by atoms with E-state index in [0.29, 0.717) is 6.54 Å². The SMILES string of the molecule is COc1cccc(CN(c2ccccc2)c2nc3cnccc3s2)c1. The van der Waals surface area contributed by atoms with Crippen molar-refractivity contribution in [1.82, 2.24) is 9.97 Å². The second-order valence-electron chi connectivity index (χ2n) is 5.61. The Kier molecular flexibility index (Phi) is 4.31. The van der Waals surface area contributed by atoms with Crippen molar-refractivity contribution in [3.63, 3.8) is 0 Å². The first-order chi connectivity index (χ1) is 12.3.